The average molecular weight is 333 g/mol. The molecule has 1 saturated heterocycles. The van der Waals surface area contributed by atoms with E-state index in [4.69, 9.17) is 9.97 Å². The van der Waals surface area contributed by atoms with Crippen LogP contribution in [0.4, 0.5) is 5.82 Å². The summed E-state index contributed by atoms with van der Waals surface area (Å²) in [5.41, 5.74) is 1.95. The van der Waals surface area contributed by atoms with Crippen LogP contribution in [0.1, 0.15) is 20.3 Å². The number of nitrogens with zero attached hydrogens (tertiary/aromatic N) is 4. The van der Waals surface area contributed by atoms with Crippen molar-refractivity contribution in [1.29, 1.82) is 0 Å². The molecular formula is C20H23N5. The molecule has 25 heavy (non-hydrogen) atoms. The summed E-state index contributed by atoms with van der Waals surface area (Å²) >= 11 is 0. The molecule has 2 aromatic heterocycles. The van der Waals surface area contributed by atoms with Gasteiger partial charge in [-0.1, -0.05) is 12.1 Å². The molecule has 1 unspecified atom stereocenters. The number of benzene rings is 1. The molecule has 1 N–H and O–H groups in total. The quantitative estimate of drug-likeness (QED) is 0.791. The van der Waals surface area contributed by atoms with Crippen LogP contribution in [0.3, 0.4) is 0 Å². The zero-order valence-corrected chi connectivity index (χ0v) is 14.7. The van der Waals surface area contributed by atoms with E-state index in [0.29, 0.717) is 12.1 Å². The number of fused-ring (bicyclic) bond motifs is 1. The molecular weight excluding hydrogens is 310 g/mol. The largest absolute Gasteiger partial charge is 0.365 e. The molecule has 3 heterocycles. The Labute approximate surface area is 148 Å². The predicted molar refractivity (Wildman–Crippen MR) is 102 cm³/mol. The number of aromatic nitrogens is 3. The van der Waals surface area contributed by atoms with E-state index in [0.717, 1.165) is 47.6 Å². The van der Waals surface area contributed by atoms with Crippen LogP contribution in [0.25, 0.3) is 22.3 Å². The second kappa shape index (κ2) is 6.76. The van der Waals surface area contributed by atoms with Gasteiger partial charge < -0.3 is 5.32 Å². The fourth-order valence-electron chi connectivity index (χ4n) is 3.38. The highest BCUT2D eigenvalue weighted by Crippen LogP contribution is 2.26. The molecule has 0 spiro atoms. The van der Waals surface area contributed by atoms with Gasteiger partial charge in [0.25, 0.3) is 0 Å². The molecule has 5 nitrogen and oxygen atoms in total. The Morgan fingerprint density at radius 1 is 1.08 bits per heavy atom. The summed E-state index contributed by atoms with van der Waals surface area (Å²) in [4.78, 5) is 16.2. The molecule has 4 rings (SSSR count). The van der Waals surface area contributed by atoms with E-state index in [1.807, 2.05) is 30.3 Å². The lowest BCUT2D eigenvalue weighted by Gasteiger charge is -2.21. The fraction of sp³-hybridized carbons (Fsp3) is 0.350. The maximum Gasteiger partial charge on any atom is 0.162 e. The van der Waals surface area contributed by atoms with E-state index in [-0.39, 0.29) is 0 Å². The minimum Gasteiger partial charge on any atom is -0.365 e. The van der Waals surface area contributed by atoms with Crippen molar-refractivity contribution in [2.75, 3.05) is 18.4 Å². The average Bonchev–Trinajstić information content (AvgIpc) is 3.11. The molecule has 3 aromatic rings. The third-order valence-electron chi connectivity index (χ3n) is 4.83. The Bertz CT molecular complexity index is 862. The third kappa shape index (κ3) is 3.33. The van der Waals surface area contributed by atoms with Crippen LogP contribution in [-0.4, -0.2) is 45.0 Å². The van der Waals surface area contributed by atoms with Crippen LogP contribution in [0.2, 0.25) is 0 Å². The monoisotopic (exact) mass is 333 g/mol. The molecule has 1 aliphatic heterocycles. The van der Waals surface area contributed by atoms with Gasteiger partial charge in [0.05, 0.1) is 5.52 Å². The highest BCUT2D eigenvalue weighted by Gasteiger charge is 2.25. The molecule has 0 radical (unpaired) electrons. The fourth-order valence-corrected chi connectivity index (χ4v) is 3.38. The number of rotatable bonds is 4. The second-order valence-corrected chi connectivity index (χ2v) is 6.87. The molecule has 0 bridgehead atoms. The molecule has 128 valence electrons. The van der Waals surface area contributed by atoms with Gasteiger partial charge in [-0.3, -0.25) is 9.88 Å². The van der Waals surface area contributed by atoms with E-state index in [1.165, 1.54) is 0 Å². The van der Waals surface area contributed by atoms with Crippen LogP contribution >= 0.6 is 0 Å². The lowest BCUT2D eigenvalue weighted by atomic mass is 10.2. The highest BCUT2D eigenvalue weighted by molar-refractivity contribution is 5.90. The summed E-state index contributed by atoms with van der Waals surface area (Å²) in [5.74, 6) is 1.66. The van der Waals surface area contributed by atoms with Crippen LogP contribution in [-0.2, 0) is 0 Å². The van der Waals surface area contributed by atoms with Gasteiger partial charge in [-0.05, 0) is 44.5 Å². The number of pyridine rings is 1. The number of nitrogens with one attached hydrogen (secondary N) is 1. The van der Waals surface area contributed by atoms with Crippen LogP contribution in [0, 0.1) is 0 Å². The van der Waals surface area contributed by atoms with Gasteiger partial charge in [0.15, 0.2) is 5.82 Å². The first kappa shape index (κ1) is 16.0. The molecule has 1 atom stereocenters. The number of likely N-dealkylation sites (tertiary alicyclic amines) is 1. The van der Waals surface area contributed by atoms with Gasteiger partial charge in [-0.15, -0.1) is 0 Å². The Hall–Kier alpha value is -2.53. The smallest absolute Gasteiger partial charge is 0.162 e. The maximum atomic E-state index is 4.84. The minimum absolute atomic E-state index is 0.422. The van der Waals surface area contributed by atoms with E-state index >= 15 is 0 Å². The lowest BCUT2D eigenvalue weighted by Crippen LogP contribution is -2.31. The minimum atomic E-state index is 0.422. The zero-order chi connectivity index (χ0) is 17.2. The van der Waals surface area contributed by atoms with Crippen molar-refractivity contribution in [3.05, 3.63) is 48.8 Å². The standard InChI is InChI=1S/C20H23N5/c1-14(2)25-12-9-16(13-25)22-20-17-5-3-4-6-18(17)23-19(24-20)15-7-10-21-11-8-15/h3-8,10-11,14,16H,9,12-13H2,1-2H3,(H,22,23,24). The number of hydrogen-bond acceptors (Lipinski definition) is 5. The number of para-hydroxylation sites is 1. The SMILES string of the molecule is CC(C)N1CCC(Nc2nc(-c3ccncc3)nc3ccccc23)C1. The first-order valence-electron chi connectivity index (χ1n) is 8.88. The second-order valence-electron chi connectivity index (χ2n) is 6.87. The predicted octanol–water partition coefficient (Wildman–Crippen LogP) is 3.59. The topological polar surface area (TPSA) is 53.9 Å². The summed E-state index contributed by atoms with van der Waals surface area (Å²) in [6, 6.07) is 13.1. The third-order valence-corrected chi connectivity index (χ3v) is 4.83. The van der Waals surface area contributed by atoms with E-state index in [1.54, 1.807) is 12.4 Å². The van der Waals surface area contributed by atoms with E-state index in [2.05, 4.69) is 35.1 Å². The summed E-state index contributed by atoms with van der Waals surface area (Å²) in [6.45, 7) is 6.70. The summed E-state index contributed by atoms with van der Waals surface area (Å²) in [6.07, 6.45) is 4.69. The highest BCUT2D eigenvalue weighted by atomic mass is 15.2. The number of anilines is 1. The van der Waals surface area contributed by atoms with Gasteiger partial charge in [0.1, 0.15) is 5.82 Å². The summed E-state index contributed by atoms with van der Waals surface area (Å²) < 4.78 is 0. The van der Waals surface area contributed by atoms with Crippen LogP contribution in [0.5, 0.6) is 0 Å². The molecule has 0 amide bonds. The van der Waals surface area contributed by atoms with Crippen LogP contribution < -0.4 is 5.32 Å². The van der Waals surface area contributed by atoms with Crippen molar-refractivity contribution in [3.63, 3.8) is 0 Å². The summed E-state index contributed by atoms with van der Waals surface area (Å²) in [5, 5.41) is 4.74. The van der Waals surface area contributed by atoms with Gasteiger partial charge in [-0.2, -0.15) is 0 Å². The van der Waals surface area contributed by atoms with Gasteiger partial charge in [-0.25, -0.2) is 9.97 Å². The molecule has 0 aliphatic carbocycles. The van der Waals surface area contributed by atoms with Crippen molar-refractivity contribution < 1.29 is 0 Å². The molecule has 1 aromatic carbocycles. The van der Waals surface area contributed by atoms with Crippen molar-refractivity contribution in [2.45, 2.75) is 32.4 Å². The van der Waals surface area contributed by atoms with E-state index < -0.39 is 0 Å². The number of hydrogen-bond donors (Lipinski definition) is 1. The normalized spacial score (nSPS) is 18.1. The van der Waals surface area contributed by atoms with Gasteiger partial charge in [0, 0.05) is 48.5 Å². The molecule has 0 saturated carbocycles. The van der Waals surface area contributed by atoms with Gasteiger partial charge in [0.2, 0.25) is 0 Å². The Balaban J connectivity index is 1.70. The first-order chi connectivity index (χ1) is 12.2. The Morgan fingerprint density at radius 2 is 1.88 bits per heavy atom. The zero-order valence-electron chi connectivity index (χ0n) is 14.7. The van der Waals surface area contributed by atoms with Crippen molar-refractivity contribution in [2.24, 2.45) is 0 Å². The summed E-state index contributed by atoms with van der Waals surface area (Å²) in [7, 11) is 0. The van der Waals surface area contributed by atoms with Crippen molar-refractivity contribution in [3.8, 4) is 11.4 Å². The maximum absolute atomic E-state index is 4.84. The van der Waals surface area contributed by atoms with Crippen LogP contribution in [0.15, 0.2) is 48.8 Å². The molecule has 1 aliphatic rings. The van der Waals surface area contributed by atoms with Gasteiger partial charge >= 0.3 is 0 Å². The Morgan fingerprint density at radius 3 is 2.64 bits per heavy atom. The van der Waals surface area contributed by atoms with E-state index in [9.17, 15) is 0 Å². The molecule has 1 fully saturated rings. The van der Waals surface area contributed by atoms with Crippen molar-refractivity contribution in [1.82, 2.24) is 19.9 Å². The Kier molecular flexibility index (Phi) is 4.32. The van der Waals surface area contributed by atoms with Crippen molar-refractivity contribution >= 4 is 16.7 Å². The lowest BCUT2D eigenvalue weighted by molar-refractivity contribution is 0.274. The first-order valence-corrected chi connectivity index (χ1v) is 8.88. The molecule has 5 heteroatoms.